The van der Waals surface area contributed by atoms with Crippen LogP contribution in [0.15, 0.2) is 12.2 Å². The molecule has 0 unspecified atom stereocenters. The van der Waals surface area contributed by atoms with Crippen LogP contribution in [-0.4, -0.2) is 5.33 Å². The predicted octanol–water partition coefficient (Wildman–Crippen LogP) is 4.54. The van der Waals surface area contributed by atoms with Gasteiger partial charge in [0.05, 0.1) is 0 Å². The molecule has 1 rings (SSSR count). The molecule has 1 heteroatoms. The molecule has 0 aromatic heterocycles. The largest absolute Gasteiger partial charge is 0.0925 e. The summed E-state index contributed by atoms with van der Waals surface area (Å²) in [5.74, 6) is 1.99. The van der Waals surface area contributed by atoms with Gasteiger partial charge in [0.15, 0.2) is 0 Å². The average Bonchev–Trinajstić information content (AvgIpc) is 2.19. The van der Waals surface area contributed by atoms with Gasteiger partial charge in [0.25, 0.3) is 0 Å². The summed E-state index contributed by atoms with van der Waals surface area (Å²) in [6.07, 6.45) is 13.0. The number of hydrogen-bond acceptors (Lipinski definition) is 0. The van der Waals surface area contributed by atoms with Crippen LogP contribution in [-0.2, 0) is 0 Å². The molecule has 1 fully saturated rings. The highest BCUT2D eigenvalue weighted by molar-refractivity contribution is 9.09. The second-order valence-corrected chi connectivity index (χ2v) is 4.83. The summed E-state index contributed by atoms with van der Waals surface area (Å²) in [6.45, 7) is 2.11. The second kappa shape index (κ2) is 6.64. The number of alkyl halides is 1. The lowest BCUT2D eigenvalue weighted by atomic mass is 9.81. The van der Waals surface area contributed by atoms with Gasteiger partial charge < -0.3 is 0 Å². The van der Waals surface area contributed by atoms with Gasteiger partial charge in [0.1, 0.15) is 0 Å². The molecule has 0 radical (unpaired) electrons. The van der Waals surface area contributed by atoms with Crippen LogP contribution >= 0.6 is 15.9 Å². The molecule has 0 aliphatic heterocycles. The highest BCUT2D eigenvalue weighted by Gasteiger charge is 2.19. The minimum absolute atomic E-state index is 0.970. The molecule has 76 valence electrons. The van der Waals surface area contributed by atoms with Crippen LogP contribution in [0.5, 0.6) is 0 Å². The highest BCUT2D eigenvalue weighted by atomic mass is 79.9. The summed E-state index contributed by atoms with van der Waals surface area (Å²) in [5, 5.41) is 1.22. The van der Waals surface area contributed by atoms with Gasteiger partial charge >= 0.3 is 0 Å². The zero-order valence-electron chi connectivity index (χ0n) is 8.64. The fraction of sp³-hybridized carbons (Fsp3) is 0.833. The van der Waals surface area contributed by atoms with Crippen molar-refractivity contribution in [1.82, 2.24) is 0 Å². The van der Waals surface area contributed by atoms with Crippen molar-refractivity contribution in [2.24, 2.45) is 11.8 Å². The monoisotopic (exact) mass is 244 g/mol. The SMILES string of the molecule is CC=CCCC1CCC(CBr)CC1. The molecule has 13 heavy (non-hydrogen) atoms. The normalized spacial score (nSPS) is 29.7. The van der Waals surface area contributed by atoms with Gasteiger partial charge in [-0.15, -0.1) is 0 Å². The van der Waals surface area contributed by atoms with Crippen molar-refractivity contribution in [3.63, 3.8) is 0 Å². The van der Waals surface area contributed by atoms with Crippen LogP contribution in [0.25, 0.3) is 0 Å². The van der Waals surface area contributed by atoms with Crippen LogP contribution in [0.1, 0.15) is 45.4 Å². The maximum atomic E-state index is 3.58. The molecule has 1 aliphatic carbocycles. The van der Waals surface area contributed by atoms with E-state index < -0.39 is 0 Å². The molecule has 0 spiro atoms. The van der Waals surface area contributed by atoms with Gasteiger partial charge in [0.2, 0.25) is 0 Å². The van der Waals surface area contributed by atoms with E-state index in [2.05, 4.69) is 35.0 Å². The quantitative estimate of drug-likeness (QED) is 0.503. The van der Waals surface area contributed by atoms with E-state index in [0.717, 1.165) is 11.8 Å². The average molecular weight is 245 g/mol. The van der Waals surface area contributed by atoms with Crippen molar-refractivity contribution in [2.45, 2.75) is 45.4 Å². The van der Waals surface area contributed by atoms with Gasteiger partial charge in [-0.3, -0.25) is 0 Å². The van der Waals surface area contributed by atoms with Crippen LogP contribution in [0.2, 0.25) is 0 Å². The van der Waals surface area contributed by atoms with E-state index in [1.54, 1.807) is 0 Å². The topological polar surface area (TPSA) is 0 Å². The predicted molar refractivity (Wildman–Crippen MR) is 63.3 cm³/mol. The van der Waals surface area contributed by atoms with Crippen molar-refractivity contribution in [3.05, 3.63) is 12.2 Å². The Balaban J connectivity index is 2.10. The molecular weight excluding hydrogens is 224 g/mol. The zero-order valence-corrected chi connectivity index (χ0v) is 10.2. The van der Waals surface area contributed by atoms with Crippen molar-refractivity contribution in [1.29, 1.82) is 0 Å². The van der Waals surface area contributed by atoms with E-state index in [9.17, 15) is 0 Å². The Labute approximate surface area is 90.9 Å². The number of allylic oxidation sites excluding steroid dienone is 2. The molecule has 0 aromatic carbocycles. The molecule has 0 heterocycles. The Morgan fingerprint density at radius 3 is 2.31 bits per heavy atom. The Morgan fingerprint density at radius 1 is 1.15 bits per heavy atom. The fourth-order valence-electron chi connectivity index (χ4n) is 2.17. The molecule has 1 saturated carbocycles. The third-order valence-corrected chi connectivity index (χ3v) is 4.08. The molecule has 0 atom stereocenters. The van der Waals surface area contributed by atoms with Crippen molar-refractivity contribution in [2.75, 3.05) is 5.33 Å². The van der Waals surface area contributed by atoms with E-state index >= 15 is 0 Å². The molecule has 0 aromatic rings. The maximum absolute atomic E-state index is 3.58. The number of hydrogen-bond donors (Lipinski definition) is 0. The first kappa shape index (κ1) is 11.3. The van der Waals surface area contributed by atoms with Gasteiger partial charge in [-0.1, -0.05) is 40.9 Å². The Bertz CT molecular complexity index is 143. The van der Waals surface area contributed by atoms with E-state index in [-0.39, 0.29) is 0 Å². The standard InChI is InChI=1S/C12H21Br/c1-2-3-4-5-11-6-8-12(10-13)9-7-11/h2-3,11-12H,4-10H2,1H3. The van der Waals surface area contributed by atoms with Gasteiger partial charge in [-0.25, -0.2) is 0 Å². The molecule has 0 N–H and O–H groups in total. The number of halogens is 1. The van der Waals surface area contributed by atoms with E-state index in [1.165, 1.54) is 43.9 Å². The first-order chi connectivity index (χ1) is 6.36. The van der Waals surface area contributed by atoms with E-state index in [4.69, 9.17) is 0 Å². The van der Waals surface area contributed by atoms with Gasteiger partial charge in [-0.05, 0) is 44.4 Å². The molecule has 0 nitrogen and oxygen atoms in total. The second-order valence-electron chi connectivity index (χ2n) is 4.19. The maximum Gasteiger partial charge on any atom is 0.00596 e. The van der Waals surface area contributed by atoms with Crippen LogP contribution < -0.4 is 0 Å². The smallest absolute Gasteiger partial charge is 0.00596 e. The Kier molecular flexibility index (Phi) is 5.77. The summed E-state index contributed by atoms with van der Waals surface area (Å²) in [7, 11) is 0. The Morgan fingerprint density at radius 2 is 1.77 bits per heavy atom. The third-order valence-electron chi connectivity index (χ3n) is 3.16. The molecule has 0 bridgehead atoms. The summed E-state index contributed by atoms with van der Waals surface area (Å²) < 4.78 is 0. The van der Waals surface area contributed by atoms with Crippen LogP contribution in [0.3, 0.4) is 0 Å². The lowest BCUT2D eigenvalue weighted by Crippen LogP contribution is -2.15. The Hall–Kier alpha value is 0.220. The summed E-state index contributed by atoms with van der Waals surface area (Å²) in [4.78, 5) is 0. The molecule has 0 amide bonds. The van der Waals surface area contributed by atoms with Crippen molar-refractivity contribution in [3.8, 4) is 0 Å². The van der Waals surface area contributed by atoms with Gasteiger partial charge in [-0.2, -0.15) is 0 Å². The first-order valence-electron chi connectivity index (χ1n) is 5.54. The highest BCUT2D eigenvalue weighted by Crippen LogP contribution is 2.32. The number of rotatable bonds is 4. The summed E-state index contributed by atoms with van der Waals surface area (Å²) >= 11 is 3.58. The fourth-order valence-corrected chi connectivity index (χ4v) is 2.82. The molecule has 0 saturated heterocycles. The lowest BCUT2D eigenvalue weighted by Gasteiger charge is -2.26. The molecular formula is C12H21Br. The van der Waals surface area contributed by atoms with Crippen molar-refractivity contribution >= 4 is 15.9 Å². The summed E-state index contributed by atoms with van der Waals surface area (Å²) in [5.41, 5.74) is 0. The van der Waals surface area contributed by atoms with Gasteiger partial charge in [0, 0.05) is 5.33 Å². The van der Waals surface area contributed by atoms with E-state index in [1.807, 2.05) is 0 Å². The molecule has 1 aliphatic rings. The first-order valence-corrected chi connectivity index (χ1v) is 6.66. The van der Waals surface area contributed by atoms with Crippen molar-refractivity contribution < 1.29 is 0 Å². The summed E-state index contributed by atoms with van der Waals surface area (Å²) in [6, 6.07) is 0. The van der Waals surface area contributed by atoms with Crippen LogP contribution in [0.4, 0.5) is 0 Å². The van der Waals surface area contributed by atoms with E-state index in [0.29, 0.717) is 0 Å². The van der Waals surface area contributed by atoms with Crippen LogP contribution in [0, 0.1) is 11.8 Å². The lowest BCUT2D eigenvalue weighted by molar-refractivity contribution is 0.283. The zero-order chi connectivity index (χ0) is 9.52. The minimum Gasteiger partial charge on any atom is -0.0925 e. The minimum atomic E-state index is 0.970. The third kappa shape index (κ3) is 4.30.